The molecule has 3 aromatic rings. The molecule has 2 nitrogen and oxygen atoms in total. The van der Waals surface area contributed by atoms with Gasteiger partial charge in [0.15, 0.2) is 0 Å². The van der Waals surface area contributed by atoms with Gasteiger partial charge in [-0.3, -0.25) is 4.79 Å². The number of benzene rings is 3. The number of carbonyl (C=O) groups is 1. The fourth-order valence-electron chi connectivity index (χ4n) is 4.05. The molecule has 0 aromatic heterocycles. The highest BCUT2D eigenvalue weighted by atomic mass is 16.2. The van der Waals surface area contributed by atoms with Crippen molar-refractivity contribution in [3.05, 3.63) is 107 Å². The quantitative estimate of drug-likeness (QED) is 0.605. The second kappa shape index (κ2) is 8.22. The molecule has 27 heavy (non-hydrogen) atoms. The predicted octanol–water partition coefficient (Wildman–Crippen LogP) is 5.34. The van der Waals surface area contributed by atoms with Gasteiger partial charge in [0.1, 0.15) is 0 Å². The van der Waals surface area contributed by atoms with Crippen LogP contribution in [0.15, 0.2) is 84.9 Å². The molecule has 0 saturated heterocycles. The average Bonchev–Trinajstić information content (AvgIpc) is 2.74. The second-order valence-corrected chi connectivity index (χ2v) is 7.31. The van der Waals surface area contributed by atoms with Crippen molar-refractivity contribution in [3.8, 4) is 0 Å². The van der Waals surface area contributed by atoms with Crippen molar-refractivity contribution in [1.29, 1.82) is 0 Å². The van der Waals surface area contributed by atoms with E-state index in [0.29, 0.717) is 13.1 Å². The van der Waals surface area contributed by atoms with Crippen LogP contribution in [0.4, 0.5) is 0 Å². The summed E-state index contributed by atoms with van der Waals surface area (Å²) in [5, 5.41) is 0. The summed E-state index contributed by atoms with van der Waals surface area (Å²) >= 11 is 0. The first-order chi connectivity index (χ1) is 13.3. The normalized spacial score (nSPS) is 15.8. The summed E-state index contributed by atoms with van der Waals surface area (Å²) in [6.07, 6.45) is 3.10. The fraction of sp³-hybridized carbons (Fsp3) is 0.240. The Morgan fingerprint density at radius 3 is 1.96 bits per heavy atom. The summed E-state index contributed by atoms with van der Waals surface area (Å²) in [4.78, 5) is 15.6. The Balaban J connectivity index is 1.62. The smallest absolute Gasteiger partial charge is 0.230 e. The summed E-state index contributed by atoms with van der Waals surface area (Å²) in [6, 6.07) is 29.0. The van der Waals surface area contributed by atoms with Gasteiger partial charge in [-0.15, -0.1) is 0 Å². The first kappa shape index (κ1) is 17.5. The molecule has 136 valence electrons. The van der Waals surface area contributed by atoms with E-state index in [9.17, 15) is 4.79 Å². The minimum absolute atomic E-state index is 0.0256. The summed E-state index contributed by atoms with van der Waals surface area (Å²) in [5.41, 5.74) is 4.90. The Morgan fingerprint density at radius 2 is 1.33 bits per heavy atom. The van der Waals surface area contributed by atoms with E-state index in [1.165, 1.54) is 22.3 Å². The van der Waals surface area contributed by atoms with Gasteiger partial charge in [-0.05, 0) is 41.5 Å². The Labute approximate surface area is 161 Å². The zero-order chi connectivity index (χ0) is 18.5. The van der Waals surface area contributed by atoms with Crippen LogP contribution in [-0.4, -0.2) is 10.8 Å². The van der Waals surface area contributed by atoms with E-state index in [2.05, 4.69) is 48.5 Å². The first-order valence-electron chi connectivity index (χ1n) is 9.76. The van der Waals surface area contributed by atoms with Gasteiger partial charge in [0, 0.05) is 13.1 Å². The number of nitrogens with zero attached hydrogens (tertiary/aromatic N) is 1. The van der Waals surface area contributed by atoms with Crippen LogP contribution >= 0.6 is 0 Å². The highest BCUT2D eigenvalue weighted by Gasteiger charge is 2.29. The molecule has 0 fully saturated rings. The molecule has 0 heterocycles. The number of amides is 1. The standard InChI is InChI=1S/C25H25NO/c27-25(24-17-9-15-22-14-7-8-16-23(22)24)26(18-20-10-3-1-4-11-20)19-21-12-5-2-6-13-21/h1-8,10-14,16,24H,9,15,17-19H2. The van der Waals surface area contributed by atoms with Crippen molar-refractivity contribution in [3.63, 3.8) is 0 Å². The lowest BCUT2D eigenvalue weighted by molar-refractivity contribution is -0.134. The van der Waals surface area contributed by atoms with Crippen LogP contribution in [0.3, 0.4) is 0 Å². The van der Waals surface area contributed by atoms with Crippen LogP contribution in [0.25, 0.3) is 0 Å². The van der Waals surface area contributed by atoms with Gasteiger partial charge in [0.05, 0.1) is 5.92 Å². The molecule has 0 bridgehead atoms. The highest BCUT2D eigenvalue weighted by molar-refractivity contribution is 5.84. The van der Waals surface area contributed by atoms with Gasteiger partial charge in [-0.1, -0.05) is 84.9 Å². The largest absolute Gasteiger partial charge is 0.334 e. The summed E-state index contributed by atoms with van der Waals surface area (Å²) < 4.78 is 0. The van der Waals surface area contributed by atoms with Crippen molar-refractivity contribution in [2.24, 2.45) is 0 Å². The molecular formula is C25H25NO. The maximum atomic E-state index is 13.6. The first-order valence-corrected chi connectivity index (χ1v) is 9.76. The molecular weight excluding hydrogens is 330 g/mol. The fourth-order valence-corrected chi connectivity index (χ4v) is 4.05. The van der Waals surface area contributed by atoms with Crippen molar-refractivity contribution < 1.29 is 4.79 Å². The zero-order valence-electron chi connectivity index (χ0n) is 15.6. The van der Waals surface area contributed by atoms with Crippen LogP contribution in [0.2, 0.25) is 0 Å². The maximum absolute atomic E-state index is 13.6. The third-order valence-electron chi connectivity index (χ3n) is 5.41. The summed E-state index contributed by atoms with van der Waals surface area (Å²) in [6.45, 7) is 1.29. The van der Waals surface area contributed by atoms with Gasteiger partial charge < -0.3 is 4.90 Å². The Morgan fingerprint density at radius 1 is 0.778 bits per heavy atom. The van der Waals surface area contributed by atoms with Crippen LogP contribution in [-0.2, 0) is 24.3 Å². The number of hydrogen-bond acceptors (Lipinski definition) is 1. The summed E-state index contributed by atoms with van der Waals surface area (Å²) in [7, 11) is 0. The van der Waals surface area contributed by atoms with E-state index in [0.717, 1.165) is 19.3 Å². The lowest BCUT2D eigenvalue weighted by Crippen LogP contribution is -2.35. The molecule has 0 N–H and O–H groups in total. The van der Waals surface area contributed by atoms with Crippen LogP contribution < -0.4 is 0 Å². The molecule has 2 heteroatoms. The van der Waals surface area contributed by atoms with E-state index in [1.807, 2.05) is 41.3 Å². The third-order valence-corrected chi connectivity index (χ3v) is 5.41. The van der Waals surface area contributed by atoms with Gasteiger partial charge in [0.2, 0.25) is 5.91 Å². The monoisotopic (exact) mass is 355 g/mol. The SMILES string of the molecule is O=C(C1CCCc2ccccc21)N(Cc1ccccc1)Cc1ccccc1. The molecule has 1 aliphatic carbocycles. The maximum Gasteiger partial charge on any atom is 0.230 e. The van der Waals surface area contributed by atoms with Crippen molar-refractivity contribution in [2.45, 2.75) is 38.3 Å². The van der Waals surface area contributed by atoms with Gasteiger partial charge in [0.25, 0.3) is 0 Å². The number of aryl methyl sites for hydroxylation is 1. The topological polar surface area (TPSA) is 20.3 Å². The van der Waals surface area contributed by atoms with Gasteiger partial charge >= 0.3 is 0 Å². The van der Waals surface area contributed by atoms with E-state index in [-0.39, 0.29) is 11.8 Å². The summed E-state index contributed by atoms with van der Waals surface area (Å²) in [5.74, 6) is 0.220. The number of hydrogen-bond donors (Lipinski definition) is 0. The third kappa shape index (κ3) is 4.11. The number of fused-ring (bicyclic) bond motifs is 1. The predicted molar refractivity (Wildman–Crippen MR) is 109 cm³/mol. The van der Waals surface area contributed by atoms with Crippen LogP contribution in [0, 0.1) is 0 Å². The van der Waals surface area contributed by atoms with Gasteiger partial charge in [-0.25, -0.2) is 0 Å². The average molecular weight is 355 g/mol. The van der Waals surface area contributed by atoms with E-state index in [1.54, 1.807) is 0 Å². The van der Waals surface area contributed by atoms with E-state index >= 15 is 0 Å². The molecule has 3 aromatic carbocycles. The Bertz CT molecular complexity index is 847. The molecule has 1 amide bonds. The van der Waals surface area contributed by atoms with Crippen LogP contribution in [0.1, 0.15) is 41.0 Å². The molecule has 0 radical (unpaired) electrons. The minimum Gasteiger partial charge on any atom is -0.334 e. The van der Waals surface area contributed by atoms with E-state index in [4.69, 9.17) is 0 Å². The molecule has 0 saturated carbocycles. The molecule has 0 spiro atoms. The molecule has 4 rings (SSSR count). The Kier molecular flexibility index (Phi) is 5.34. The highest BCUT2D eigenvalue weighted by Crippen LogP contribution is 2.33. The molecule has 0 aliphatic heterocycles. The number of carbonyl (C=O) groups excluding carboxylic acids is 1. The van der Waals surface area contributed by atoms with Crippen LogP contribution in [0.5, 0.6) is 0 Å². The second-order valence-electron chi connectivity index (χ2n) is 7.31. The zero-order valence-corrected chi connectivity index (χ0v) is 15.6. The van der Waals surface area contributed by atoms with E-state index < -0.39 is 0 Å². The molecule has 1 unspecified atom stereocenters. The van der Waals surface area contributed by atoms with Gasteiger partial charge in [-0.2, -0.15) is 0 Å². The van der Waals surface area contributed by atoms with Crippen molar-refractivity contribution >= 4 is 5.91 Å². The van der Waals surface area contributed by atoms with Crippen molar-refractivity contribution in [2.75, 3.05) is 0 Å². The Hall–Kier alpha value is -2.87. The van der Waals surface area contributed by atoms with Crippen molar-refractivity contribution in [1.82, 2.24) is 4.90 Å². The minimum atomic E-state index is -0.0256. The molecule has 1 atom stereocenters. The lowest BCUT2D eigenvalue weighted by atomic mass is 9.82. The lowest BCUT2D eigenvalue weighted by Gasteiger charge is -2.31. The number of rotatable bonds is 5. The molecule has 1 aliphatic rings.